The molecule has 1 aromatic rings. The van der Waals surface area contributed by atoms with Crippen molar-refractivity contribution < 1.29 is 14.3 Å². The van der Waals surface area contributed by atoms with Gasteiger partial charge in [0.15, 0.2) is 0 Å². The van der Waals surface area contributed by atoms with Crippen LogP contribution < -0.4 is 4.90 Å². The molecule has 0 atom stereocenters. The Labute approximate surface area is 106 Å². The average molecular weight is 295 g/mol. The summed E-state index contributed by atoms with van der Waals surface area (Å²) in [5.74, 6) is -0.924. The van der Waals surface area contributed by atoms with Crippen LogP contribution in [0.1, 0.15) is 5.56 Å². The molecule has 6 heteroatoms. The van der Waals surface area contributed by atoms with E-state index in [0.717, 1.165) is 4.90 Å². The Bertz CT molecular complexity index is 520. The molecule has 86 valence electrons. The van der Waals surface area contributed by atoms with Crippen molar-refractivity contribution in [3.63, 3.8) is 0 Å². The van der Waals surface area contributed by atoms with Crippen molar-refractivity contribution in [2.75, 3.05) is 18.1 Å². The molecule has 0 aromatic heterocycles. The highest BCUT2D eigenvalue weighted by Gasteiger charge is 2.29. The molecule has 0 aliphatic carbocycles. The SMILES string of the molecule is N#Cc1ccc(Br)cc1N1C(=O)COCC1=O. The smallest absolute Gasteiger partial charge is 0.259 e. The molecule has 5 nitrogen and oxygen atoms in total. The normalized spacial score (nSPS) is 15.9. The Morgan fingerprint density at radius 1 is 1.29 bits per heavy atom. The third-order valence-corrected chi connectivity index (χ3v) is 2.76. The summed E-state index contributed by atoms with van der Waals surface area (Å²) < 4.78 is 5.51. The van der Waals surface area contributed by atoms with Gasteiger partial charge in [0.25, 0.3) is 11.8 Å². The molecule has 1 heterocycles. The first-order chi connectivity index (χ1) is 8.13. The fourth-order valence-electron chi connectivity index (χ4n) is 1.55. The van der Waals surface area contributed by atoms with Crippen molar-refractivity contribution in [1.29, 1.82) is 5.26 Å². The summed E-state index contributed by atoms with van der Waals surface area (Å²) in [5.41, 5.74) is 0.567. The number of rotatable bonds is 1. The van der Waals surface area contributed by atoms with Crippen LogP contribution >= 0.6 is 15.9 Å². The number of nitrogens with zero attached hydrogens (tertiary/aromatic N) is 2. The molecule has 0 unspecified atom stereocenters. The fraction of sp³-hybridized carbons (Fsp3) is 0.182. The summed E-state index contributed by atoms with van der Waals surface area (Å²) in [5, 5.41) is 8.97. The van der Waals surface area contributed by atoms with Crippen LogP contribution in [0.25, 0.3) is 0 Å². The van der Waals surface area contributed by atoms with Crippen LogP contribution in [-0.2, 0) is 14.3 Å². The maximum atomic E-state index is 11.6. The Morgan fingerprint density at radius 3 is 2.53 bits per heavy atom. The van der Waals surface area contributed by atoms with Crippen molar-refractivity contribution in [1.82, 2.24) is 0 Å². The molecule has 0 saturated carbocycles. The van der Waals surface area contributed by atoms with E-state index in [1.165, 1.54) is 0 Å². The van der Waals surface area contributed by atoms with E-state index in [0.29, 0.717) is 10.2 Å². The molecule has 17 heavy (non-hydrogen) atoms. The van der Waals surface area contributed by atoms with Crippen LogP contribution in [0.4, 0.5) is 5.69 Å². The number of hydrogen-bond acceptors (Lipinski definition) is 4. The van der Waals surface area contributed by atoms with Crippen LogP contribution in [0, 0.1) is 11.3 Å². The second-order valence-electron chi connectivity index (χ2n) is 3.39. The van der Waals surface area contributed by atoms with Gasteiger partial charge in [0, 0.05) is 4.47 Å². The third-order valence-electron chi connectivity index (χ3n) is 2.27. The van der Waals surface area contributed by atoms with Gasteiger partial charge in [-0.05, 0) is 18.2 Å². The maximum absolute atomic E-state index is 11.6. The molecule has 0 bridgehead atoms. The van der Waals surface area contributed by atoms with E-state index in [2.05, 4.69) is 15.9 Å². The molecule has 1 aromatic carbocycles. The summed E-state index contributed by atoms with van der Waals surface area (Å²) >= 11 is 3.24. The minimum Gasteiger partial charge on any atom is -0.362 e. The number of nitriles is 1. The minimum absolute atomic E-state index is 0.150. The maximum Gasteiger partial charge on any atom is 0.259 e. The molecule has 0 spiro atoms. The Kier molecular flexibility index (Phi) is 3.22. The van der Waals surface area contributed by atoms with Gasteiger partial charge in [0.2, 0.25) is 0 Å². The van der Waals surface area contributed by atoms with Gasteiger partial charge in [-0.2, -0.15) is 5.26 Å². The first-order valence-corrected chi connectivity index (χ1v) is 5.56. The van der Waals surface area contributed by atoms with Gasteiger partial charge in [0.1, 0.15) is 19.3 Å². The lowest BCUT2D eigenvalue weighted by molar-refractivity contribution is -0.138. The Balaban J connectivity index is 2.51. The predicted molar refractivity (Wildman–Crippen MR) is 62.2 cm³/mol. The highest BCUT2D eigenvalue weighted by Crippen LogP contribution is 2.26. The summed E-state index contributed by atoms with van der Waals surface area (Å²) in [7, 11) is 0. The molecule has 2 amide bonds. The third kappa shape index (κ3) is 2.20. The second-order valence-corrected chi connectivity index (χ2v) is 4.30. The van der Waals surface area contributed by atoms with Crippen molar-refractivity contribution in [2.45, 2.75) is 0 Å². The summed E-state index contributed by atoms with van der Waals surface area (Å²) in [6.45, 7) is -0.299. The number of hydrogen-bond donors (Lipinski definition) is 0. The Morgan fingerprint density at radius 2 is 1.94 bits per heavy atom. The van der Waals surface area contributed by atoms with Gasteiger partial charge in [-0.25, -0.2) is 4.90 Å². The predicted octanol–water partition coefficient (Wildman–Crippen LogP) is 1.21. The summed E-state index contributed by atoms with van der Waals surface area (Å²) in [4.78, 5) is 24.3. The highest BCUT2D eigenvalue weighted by atomic mass is 79.9. The van der Waals surface area contributed by atoms with Gasteiger partial charge in [-0.1, -0.05) is 15.9 Å². The van der Waals surface area contributed by atoms with E-state index in [4.69, 9.17) is 10.00 Å². The first-order valence-electron chi connectivity index (χ1n) is 4.76. The molecule has 1 aliphatic heterocycles. The molecule has 0 N–H and O–H groups in total. The van der Waals surface area contributed by atoms with Crippen molar-refractivity contribution in [2.24, 2.45) is 0 Å². The molecule has 2 rings (SSSR count). The molecule has 0 radical (unpaired) electrons. The quantitative estimate of drug-likeness (QED) is 0.730. The topological polar surface area (TPSA) is 70.4 Å². The lowest BCUT2D eigenvalue weighted by Crippen LogP contribution is -2.46. The van der Waals surface area contributed by atoms with E-state index < -0.39 is 11.8 Å². The number of imide groups is 1. The minimum atomic E-state index is -0.462. The molecular weight excluding hydrogens is 288 g/mol. The number of amides is 2. The van der Waals surface area contributed by atoms with Gasteiger partial charge in [-0.3, -0.25) is 9.59 Å². The molecule has 1 fully saturated rings. The largest absolute Gasteiger partial charge is 0.362 e. The van der Waals surface area contributed by atoms with E-state index in [1.807, 2.05) is 6.07 Å². The van der Waals surface area contributed by atoms with Crippen LogP contribution in [0.5, 0.6) is 0 Å². The van der Waals surface area contributed by atoms with Crippen LogP contribution in [0.3, 0.4) is 0 Å². The molecular formula is C11H7BrN2O3. The number of benzene rings is 1. The zero-order chi connectivity index (χ0) is 12.4. The van der Waals surface area contributed by atoms with Crippen LogP contribution in [0.2, 0.25) is 0 Å². The fourth-order valence-corrected chi connectivity index (χ4v) is 1.90. The Hall–Kier alpha value is -1.71. The van der Waals surface area contributed by atoms with E-state index in [9.17, 15) is 9.59 Å². The van der Waals surface area contributed by atoms with E-state index >= 15 is 0 Å². The number of anilines is 1. The van der Waals surface area contributed by atoms with Crippen molar-refractivity contribution >= 4 is 33.4 Å². The van der Waals surface area contributed by atoms with Gasteiger partial charge in [-0.15, -0.1) is 0 Å². The molecule has 1 saturated heterocycles. The monoisotopic (exact) mass is 294 g/mol. The zero-order valence-electron chi connectivity index (χ0n) is 8.64. The average Bonchev–Trinajstić information content (AvgIpc) is 2.29. The van der Waals surface area contributed by atoms with Gasteiger partial charge < -0.3 is 4.74 Å². The van der Waals surface area contributed by atoms with E-state index in [1.54, 1.807) is 18.2 Å². The molecule has 1 aliphatic rings. The van der Waals surface area contributed by atoms with Crippen molar-refractivity contribution in [3.05, 3.63) is 28.2 Å². The van der Waals surface area contributed by atoms with Crippen LogP contribution in [0.15, 0.2) is 22.7 Å². The van der Waals surface area contributed by atoms with Gasteiger partial charge in [0.05, 0.1) is 11.3 Å². The lowest BCUT2D eigenvalue weighted by Gasteiger charge is -2.25. The second kappa shape index (κ2) is 4.65. The van der Waals surface area contributed by atoms with Crippen molar-refractivity contribution in [3.8, 4) is 6.07 Å². The number of halogens is 1. The number of ether oxygens (including phenoxy) is 1. The van der Waals surface area contributed by atoms with E-state index in [-0.39, 0.29) is 18.8 Å². The highest BCUT2D eigenvalue weighted by molar-refractivity contribution is 9.10. The first kappa shape index (κ1) is 11.8. The number of carbonyl (C=O) groups is 2. The number of carbonyl (C=O) groups excluding carboxylic acids is 2. The number of morpholine rings is 1. The van der Waals surface area contributed by atoms with Crippen LogP contribution in [-0.4, -0.2) is 25.0 Å². The standard InChI is InChI=1S/C11H7BrN2O3/c12-8-2-1-7(4-13)9(3-8)14-10(15)5-17-6-11(14)16/h1-3H,5-6H2. The lowest BCUT2D eigenvalue weighted by atomic mass is 10.1. The summed E-state index contributed by atoms with van der Waals surface area (Å²) in [6, 6.07) is 6.75. The summed E-state index contributed by atoms with van der Waals surface area (Å²) in [6.07, 6.45) is 0. The zero-order valence-corrected chi connectivity index (χ0v) is 10.2. The van der Waals surface area contributed by atoms with Gasteiger partial charge >= 0.3 is 0 Å².